The molecule has 0 saturated carbocycles. The number of likely N-dealkylation sites (tertiary alicyclic amines) is 1. The number of benzene rings is 1. The van der Waals surface area contributed by atoms with Gasteiger partial charge >= 0.3 is 0 Å². The zero-order chi connectivity index (χ0) is 16.7. The lowest BCUT2D eigenvalue weighted by Crippen LogP contribution is -2.32. The van der Waals surface area contributed by atoms with Crippen LogP contribution < -0.4 is 4.74 Å². The molecule has 1 aromatic carbocycles. The zero-order valence-electron chi connectivity index (χ0n) is 13.3. The molecule has 2 aliphatic rings. The predicted octanol–water partition coefficient (Wildman–Crippen LogP) is 2.09. The summed E-state index contributed by atoms with van der Waals surface area (Å²) in [5.41, 5.74) is 0.884. The van der Waals surface area contributed by atoms with Crippen LogP contribution in [0.1, 0.15) is 34.2 Å². The molecule has 1 amide bonds. The number of aromatic amines is 1. The molecule has 0 radical (unpaired) electrons. The fourth-order valence-electron chi connectivity index (χ4n) is 3.49. The van der Waals surface area contributed by atoms with Crippen molar-refractivity contribution in [1.82, 2.24) is 14.9 Å². The standard InChI is InChI=1S/C17H18FN3O3/c1-23-10-8-14(16-19-5-6-20-16)21(9-10)17(22)12-2-3-13(18)11-4-7-24-15(11)12/h2-3,5-6,10,14H,4,7-9H2,1H3,(H,19,20). The minimum absolute atomic E-state index is 0.0570. The van der Waals surface area contributed by atoms with Crippen molar-refractivity contribution < 1.29 is 18.7 Å². The second-order valence-electron chi connectivity index (χ2n) is 6.04. The molecule has 126 valence electrons. The Labute approximate surface area is 138 Å². The summed E-state index contributed by atoms with van der Waals surface area (Å²) in [6.07, 6.45) is 4.50. The van der Waals surface area contributed by atoms with Crippen LogP contribution in [0.4, 0.5) is 4.39 Å². The van der Waals surface area contributed by atoms with Gasteiger partial charge in [-0.25, -0.2) is 9.37 Å². The lowest BCUT2D eigenvalue weighted by molar-refractivity contribution is 0.0681. The molecule has 6 nitrogen and oxygen atoms in total. The Morgan fingerprint density at radius 3 is 3.12 bits per heavy atom. The second kappa shape index (κ2) is 5.90. The average Bonchev–Trinajstić information content (AvgIpc) is 3.32. The van der Waals surface area contributed by atoms with Crippen LogP contribution in [-0.2, 0) is 11.2 Å². The molecule has 2 aromatic rings. The minimum atomic E-state index is -0.321. The quantitative estimate of drug-likeness (QED) is 0.935. The number of imidazole rings is 1. The molecule has 0 bridgehead atoms. The van der Waals surface area contributed by atoms with Crippen LogP contribution in [-0.4, -0.2) is 47.1 Å². The first-order valence-corrected chi connectivity index (χ1v) is 7.96. The van der Waals surface area contributed by atoms with Crippen LogP contribution in [0.5, 0.6) is 5.75 Å². The molecule has 0 spiro atoms. The average molecular weight is 331 g/mol. The van der Waals surface area contributed by atoms with Crippen molar-refractivity contribution in [3.63, 3.8) is 0 Å². The van der Waals surface area contributed by atoms with Crippen molar-refractivity contribution in [2.24, 2.45) is 0 Å². The van der Waals surface area contributed by atoms with Crippen molar-refractivity contribution in [2.75, 3.05) is 20.3 Å². The smallest absolute Gasteiger partial charge is 0.258 e. The fraction of sp³-hybridized carbons (Fsp3) is 0.412. The third kappa shape index (κ3) is 2.36. The normalized spacial score (nSPS) is 22.5. The van der Waals surface area contributed by atoms with Gasteiger partial charge in [-0.3, -0.25) is 4.79 Å². The first-order chi connectivity index (χ1) is 11.7. The molecule has 3 heterocycles. The fourth-order valence-corrected chi connectivity index (χ4v) is 3.49. The predicted molar refractivity (Wildman–Crippen MR) is 83.4 cm³/mol. The molecule has 1 N–H and O–H groups in total. The number of rotatable bonds is 3. The van der Waals surface area contributed by atoms with Crippen LogP contribution in [0.2, 0.25) is 0 Å². The van der Waals surface area contributed by atoms with Gasteiger partial charge in [0, 0.05) is 44.5 Å². The number of hydrogen-bond acceptors (Lipinski definition) is 4. The summed E-state index contributed by atoms with van der Waals surface area (Å²) in [4.78, 5) is 22.2. The number of hydrogen-bond donors (Lipinski definition) is 1. The lowest BCUT2D eigenvalue weighted by Gasteiger charge is -2.23. The number of carbonyl (C=O) groups is 1. The van der Waals surface area contributed by atoms with E-state index in [1.165, 1.54) is 12.1 Å². The summed E-state index contributed by atoms with van der Waals surface area (Å²) < 4.78 is 24.9. The number of nitrogens with zero attached hydrogens (tertiary/aromatic N) is 2. The Morgan fingerprint density at radius 2 is 2.38 bits per heavy atom. The van der Waals surface area contributed by atoms with Gasteiger partial charge in [-0.1, -0.05) is 0 Å². The Balaban J connectivity index is 1.69. The van der Waals surface area contributed by atoms with Crippen molar-refractivity contribution in [3.05, 3.63) is 47.3 Å². The van der Waals surface area contributed by atoms with Crippen molar-refractivity contribution >= 4 is 5.91 Å². The van der Waals surface area contributed by atoms with Crippen LogP contribution in [0.3, 0.4) is 0 Å². The van der Waals surface area contributed by atoms with E-state index in [1.807, 2.05) is 0 Å². The van der Waals surface area contributed by atoms with E-state index in [1.54, 1.807) is 24.4 Å². The molecule has 1 aromatic heterocycles. The van der Waals surface area contributed by atoms with Crippen LogP contribution >= 0.6 is 0 Å². The van der Waals surface area contributed by atoms with Gasteiger partial charge in [0.15, 0.2) is 0 Å². The largest absolute Gasteiger partial charge is 0.492 e. The van der Waals surface area contributed by atoms with Crippen molar-refractivity contribution in [1.29, 1.82) is 0 Å². The summed E-state index contributed by atoms with van der Waals surface area (Å²) in [5.74, 6) is 0.591. The van der Waals surface area contributed by atoms with Gasteiger partial charge in [-0.05, 0) is 12.1 Å². The number of aromatic nitrogens is 2. The molecule has 2 unspecified atom stereocenters. The van der Waals surface area contributed by atoms with Crippen molar-refractivity contribution in [3.8, 4) is 5.75 Å². The number of nitrogens with one attached hydrogen (secondary N) is 1. The molecule has 4 rings (SSSR count). The summed E-state index contributed by atoms with van der Waals surface area (Å²) in [5, 5.41) is 0. The van der Waals surface area contributed by atoms with Gasteiger partial charge in [0.25, 0.3) is 5.91 Å². The minimum Gasteiger partial charge on any atom is -0.492 e. The van der Waals surface area contributed by atoms with Gasteiger partial charge in [0.1, 0.15) is 17.4 Å². The third-order valence-electron chi connectivity index (χ3n) is 4.72. The Bertz CT molecular complexity index is 763. The van der Waals surface area contributed by atoms with E-state index in [-0.39, 0.29) is 23.9 Å². The molecule has 2 atom stereocenters. The van der Waals surface area contributed by atoms with E-state index in [4.69, 9.17) is 9.47 Å². The van der Waals surface area contributed by atoms with E-state index < -0.39 is 0 Å². The number of fused-ring (bicyclic) bond motifs is 1. The number of ether oxygens (including phenoxy) is 2. The topological polar surface area (TPSA) is 67.5 Å². The molecule has 1 saturated heterocycles. The van der Waals surface area contributed by atoms with Gasteiger partial charge in [-0.15, -0.1) is 0 Å². The first-order valence-electron chi connectivity index (χ1n) is 7.96. The summed E-state index contributed by atoms with van der Waals surface area (Å²) in [6.45, 7) is 0.867. The summed E-state index contributed by atoms with van der Waals surface area (Å²) in [7, 11) is 1.64. The van der Waals surface area contributed by atoms with Gasteiger partial charge < -0.3 is 19.4 Å². The van der Waals surface area contributed by atoms with Gasteiger partial charge in [0.05, 0.1) is 24.3 Å². The van der Waals surface area contributed by atoms with E-state index in [2.05, 4.69) is 9.97 Å². The maximum Gasteiger partial charge on any atom is 0.258 e. The van der Waals surface area contributed by atoms with E-state index >= 15 is 0 Å². The maximum absolute atomic E-state index is 13.9. The van der Waals surface area contributed by atoms with Gasteiger partial charge in [0.2, 0.25) is 0 Å². The zero-order valence-corrected chi connectivity index (χ0v) is 13.3. The molecule has 2 aliphatic heterocycles. The highest BCUT2D eigenvalue weighted by molar-refractivity contribution is 5.98. The number of methoxy groups -OCH3 is 1. The number of H-pyrrole nitrogens is 1. The van der Waals surface area contributed by atoms with E-state index in [9.17, 15) is 9.18 Å². The SMILES string of the molecule is COC1CC(c2ncc[nH]2)N(C(=O)c2ccc(F)c3c2OCC3)C1. The maximum atomic E-state index is 13.9. The van der Waals surface area contributed by atoms with Crippen LogP contribution in [0, 0.1) is 5.82 Å². The molecule has 0 aliphatic carbocycles. The number of amides is 1. The molecule has 24 heavy (non-hydrogen) atoms. The monoisotopic (exact) mass is 331 g/mol. The van der Waals surface area contributed by atoms with E-state index in [0.29, 0.717) is 42.9 Å². The third-order valence-corrected chi connectivity index (χ3v) is 4.72. The van der Waals surface area contributed by atoms with E-state index in [0.717, 1.165) is 5.82 Å². The second-order valence-corrected chi connectivity index (χ2v) is 6.04. The molecule has 7 heteroatoms. The molecular weight excluding hydrogens is 313 g/mol. The number of carbonyl (C=O) groups excluding carboxylic acids is 1. The summed E-state index contributed by atoms with van der Waals surface area (Å²) >= 11 is 0. The number of halogens is 1. The first kappa shape index (κ1) is 15.1. The van der Waals surface area contributed by atoms with Crippen LogP contribution in [0.25, 0.3) is 0 Å². The highest BCUT2D eigenvalue weighted by Crippen LogP contribution is 2.37. The lowest BCUT2D eigenvalue weighted by atomic mass is 10.1. The van der Waals surface area contributed by atoms with Crippen molar-refractivity contribution in [2.45, 2.75) is 25.0 Å². The molecular formula is C17H18FN3O3. The Morgan fingerprint density at radius 1 is 1.50 bits per heavy atom. The Hall–Kier alpha value is -2.41. The van der Waals surface area contributed by atoms with Gasteiger partial charge in [-0.2, -0.15) is 0 Å². The molecule has 1 fully saturated rings. The van der Waals surface area contributed by atoms with Crippen LogP contribution in [0.15, 0.2) is 24.5 Å². The highest BCUT2D eigenvalue weighted by atomic mass is 19.1. The highest BCUT2D eigenvalue weighted by Gasteiger charge is 2.39. The summed E-state index contributed by atoms with van der Waals surface area (Å²) in [6, 6.07) is 2.65. The Kier molecular flexibility index (Phi) is 3.72.